The van der Waals surface area contributed by atoms with Gasteiger partial charge in [0.15, 0.2) is 0 Å². The van der Waals surface area contributed by atoms with Crippen LogP contribution in [0.2, 0.25) is 10.0 Å². The van der Waals surface area contributed by atoms with E-state index in [0.717, 1.165) is 42.5 Å². The normalized spacial score (nSPS) is 22.5. The highest BCUT2D eigenvalue weighted by molar-refractivity contribution is 6.36. The molecule has 3 fully saturated rings. The van der Waals surface area contributed by atoms with Crippen molar-refractivity contribution in [2.45, 2.75) is 50.5 Å². The molecule has 3 aliphatic rings. The number of carbonyl (C=O) groups is 2. The number of likely N-dealkylation sites (tertiary alicyclic amines) is 2. The van der Waals surface area contributed by atoms with Gasteiger partial charge < -0.3 is 14.5 Å². The van der Waals surface area contributed by atoms with E-state index >= 15 is 0 Å². The molecule has 0 unspecified atom stereocenters. The van der Waals surface area contributed by atoms with Crippen molar-refractivity contribution in [1.29, 1.82) is 0 Å². The fraction of sp³-hybridized carbons (Fsp3) is 0.500. The van der Waals surface area contributed by atoms with E-state index < -0.39 is 5.92 Å². The minimum atomic E-state index is -2.69. The van der Waals surface area contributed by atoms with E-state index in [4.69, 9.17) is 27.9 Å². The van der Waals surface area contributed by atoms with Crippen molar-refractivity contribution in [3.8, 4) is 11.1 Å². The Bertz CT molecular complexity index is 1140. The van der Waals surface area contributed by atoms with Gasteiger partial charge in [0.25, 0.3) is 11.8 Å². The lowest BCUT2D eigenvalue weighted by Gasteiger charge is -2.31. The molecule has 9 heteroatoms. The third-order valence-corrected chi connectivity index (χ3v) is 8.50. The fourth-order valence-electron chi connectivity index (χ4n) is 5.55. The van der Waals surface area contributed by atoms with Gasteiger partial charge >= 0.3 is 0 Å². The summed E-state index contributed by atoms with van der Waals surface area (Å²) < 4.78 is 32.3. The second-order valence-electron chi connectivity index (χ2n) is 10.2. The van der Waals surface area contributed by atoms with Crippen LogP contribution in [0.15, 0.2) is 36.4 Å². The van der Waals surface area contributed by atoms with Crippen LogP contribution in [0.5, 0.6) is 0 Å². The summed E-state index contributed by atoms with van der Waals surface area (Å²) in [5, 5.41) is 1.02. The molecule has 0 N–H and O–H groups in total. The van der Waals surface area contributed by atoms with E-state index in [1.165, 1.54) is 4.90 Å². The maximum absolute atomic E-state index is 13.4. The van der Waals surface area contributed by atoms with Crippen LogP contribution in [0.4, 0.5) is 8.78 Å². The lowest BCUT2D eigenvalue weighted by Crippen LogP contribution is -2.42. The number of piperidine rings is 1. The van der Waals surface area contributed by atoms with Crippen LogP contribution >= 0.6 is 23.2 Å². The Balaban J connectivity index is 1.25. The summed E-state index contributed by atoms with van der Waals surface area (Å²) in [4.78, 5) is 29.3. The smallest absolute Gasteiger partial charge is 0.253 e. The van der Waals surface area contributed by atoms with Crippen LogP contribution in [0.25, 0.3) is 11.1 Å². The highest BCUT2D eigenvalue weighted by Crippen LogP contribution is 2.36. The van der Waals surface area contributed by atoms with Crippen LogP contribution in [-0.2, 0) is 16.0 Å². The van der Waals surface area contributed by atoms with Crippen LogP contribution in [0.1, 0.15) is 48.0 Å². The SMILES string of the molecule is O=C(c1ccc(-c2cc(Cl)c(C[C@@H]3CCN(C4CCOCC4)C3=O)c(Cl)c2)cc1)N1CCC(F)(F)CC1. The maximum atomic E-state index is 13.4. The number of carbonyl (C=O) groups excluding carboxylic acids is 2. The number of nitrogens with zero attached hydrogens (tertiary/aromatic N) is 2. The average Bonchev–Trinajstić information content (AvgIpc) is 3.26. The molecule has 0 aromatic heterocycles. The van der Waals surface area contributed by atoms with Gasteiger partial charge in [-0.3, -0.25) is 9.59 Å². The molecule has 2 aromatic carbocycles. The molecule has 0 aliphatic carbocycles. The molecular formula is C28H30Cl2F2N2O3. The summed E-state index contributed by atoms with van der Waals surface area (Å²) in [5.41, 5.74) is 2.86. The van der Waals surface area contributed by atoms with Crippen molar-refractivity contribution in [2.24, 2.45) is 5.92 Å². The molecule has 198 valence electrons. The summed E-state index contributed by atoms with van der Waals surface area (Å²) in [6.07, 6.45) is 2.44. The summed E-state index contributed by atoms with van der Waals surface area (Å²) in [5.74, 6) is -2.91. The first-order valence-electron chi connectivity index (χ1n) is 12.9. The van der Waals surface area contributed by atoms with Gasteiger partial charge in [0.2, 0.25) is 5.91 Å². The van der Waals surface area contributed by atoms with Crippen molar-refractivity contribution in [1.82, 2.24) is 9.80 Å². The highest BCUT2D eigenvalue weighted by Gasteiger charge is 2.37. The zero-order valence-electron chi connectivity index (χ0n) is 20.5. The van der Waals surface area contributed by atoms with Crippen LogP contribution in [-0.4, -0.2) is 66.4 Å². The number of ether oxygens (including phenoxy) is 1. The molecule has 3 heterocycles. The predicted molar refractivity (Wildman–Crippen MR) is 139 cm³/mol. The molecule has 0 radical (unpaired) electrons. The van der Waals surface area contributed by atoms with Gasteiger partial charge in [0.05, 0.1) is 0 Å². The largest absolute Gasteiger partial charge is 0.381 e. The first-order chi connectivity index (χ1) is 17.7. The summed E-state index contributed by atoms with van der Waals surface area (Å²) in [6, 6.07) is 10.9. The maximum Gasteiger partial charge on any atom is 0.253 e. The van der Waals surface area contributed by atoms with E-state index in [2.05, 4.69) is 0 Å². The Labute approximate surface area is 225 Å². The topological polar surface area (TPSA) is 49.9 Å². The Morgan fingerprint density at radius 1 is 0.946 bits per heavy atom. The average molecular weight is 551 g/mol. The van der Waals surface area contributed by atoms with Crippen molar-refractivity contribution in [3.63, 3.8) is 0 Å². The Morgan fingerprint density at radius 2 is 1.57 bits per heavy atom. The number of benzene rings is 2. The van der Waals surface area contributed by atoms with Gasteiger partial charge in [-0.25, -0.2) is 8.78 Å². The first kappa shape index (κ1) is 26.4. The molecule has 1 atom stereocenters. The van der Waals surface area contributed by atoms with Gasteiger partial charge in [-0.05, 0) is 66.6 Å². The molecule has 0 bridgehead atoms. The molecule has 37 heavy (non-hydrogen) atoms. The van der Waals surface area contributed by atoms with Crippen LogP contribution in [0.3, 0.4) is 0 Å². The van der Waals surface area contributed by atoms with Gasteiger partial charge in [0, 0.05) is 73.3 Å². The third kappa shape index (κ3) is 5.79. The van der Waals surface area contributed by atoms with Gasteiger partial charge in [-0.2, -0.15) is 0 Å². The third-order valence-electron chi connectivity index (χ3n) is 7.82. The molecule has 5 rings (SSSR count). The molecule has 3 saturated heterocycles. The minimum absolute atomic E-state index is 0.0522. The van der Waals surface area contributed by atoms with E-state index in [-0.39, 0.29) is 49.7 Å². The van der Waals surface area contributed by atoms with E-state index in [1.54, 1.807) is 24.3 Å². The number of halogens is 4. The lowest BCUT2D eigenvalue weighted by molar-refractivity contribution is -0.134. The molecule has 0 spiro atoms. The van der Waals surface area contributed by atoms with Crippen molar-refractivity contribution in [3.05, 3.63) is 57.6 Å². The molecule has 2 aromatic rings. The standard InChI is InChI=1S/C28H30Cl2F2N2O3/c29-24-16-21(18-1-3-19(4-2-18)26(35)33-11-8-28(31,32)9-12-33)17-25(30)23(24)15-20-5-10-34(27(20)36)22-6-13-37-14-7-22/h1-4,16-17,20,22H,5-15H2/t20-/m0/s1. The van der Waals surface area contributed by atoms with Gasteiger partial charge in [-0.15, -0.1) is 0 Å². The molecule has 3 aliphatic heterocycles. The highest BCUT2D eigenvalue weighted by atomic mass is 35.5. The predicted octanol–water partition coefficient (Wildman–Crippen LogP) is 6.10. The monoisotopic (exact) mass is 550 g/mol. The van der Waals surface area contributed by atoms with Crippen LogP contribution in [0, 0.1) is 5.92 Å². The Morgan fingerprint density at radius 3 is 2.19 bits per heavy atom. The van der Waals surface area contributed by atoms with Crippen molar-refractivity contribution in [2.75, 3.05) is 32.8 Å². The molecule has 2 amide bonds. The Hall–Kier alpha value is -2.22. The second-order valence-corrected chi connectivity index (χ2v) is 11.0. The first-order valence-corrected chi connectivity index (χ1v) is 13.6. The van der Waals surface area contributed by atoms with Crippen LogP contribution < -0.4 is 0 Å². The number of hydrogen-bond acceptors (Lipinski definition) is 3. The summed E-state index contributed by atoms with van der Waals surface area (Å²) >= 11 is 13.3. The lowest BCUT2D eigenvalue weighted by atomic mass is 9.95. The number of rotatable bonds is 5. The zero-order valence-corrected chi connectivity index (χ0v) is 22.0. The minimum Gasteiger partial charge on any atom is -0.381 e. The number of hydrogen-bond donors (Lipinski definition) is 0. The zero-order chi connectivity index (χ0) is 26.2. The Kier molecular flexibility index (Phi) is 7.75. The molecule has 5 nitrogen and oxygen atoms in total. The van der Waals surface area contributed by atoms with E-state index in [9.17, 15) is 18.4 Å². The van der Waals surface area contributed by atoms with E-state index in [0.29, 0.717) is 35.2 Å². The quantitative estimate of drug-likeness (QED) is 0.451. The number of amides is 2. The molecular weight excluding hydrogens is 521 g/mol. The van der Waals surface area contributed by atoms with Crippen molar-refractivity contribution >= 4 is 35.0 Å². The van der Waals surface area contributed by atoms with Gasteiger partial charge in [-0.1, -0.05) is 35.3 Å². The molecule has 0 saturated carbocycles. The number of alkyl halides is 2. The fourth-order valence-corrected chi connectivity index (χ4v) is 6.19. The second kappa shape index (κ2) is 10.9. The van der Waals surface area contributed by atoms with E-state index in [1.807, 2.05) is 17.0 Å². The summed E-state index contributed by atoms with van der Waals surface area (Å²) in [7, 11) is 0. The van der Waals surface area contributed by atoms with Crippen molar-refractivity contribution < 1.29 is 23.1 Å². The summed E-state index contributed by atoms with van der Waals surface area (Å²) in [6.45, 7) is 2.26. The van der Waals surface area contributed by atoms with Gasteiger partial charge in [0.1, 0.15) is 0 Å².